The van der Waals surface area contributed by atoms with Gasteiger partial charge in [0.05, 0.1) is 41.9 Å². The first-order chi connectivity index (χ1) is 17.9. The standard InChI is InChI=1S/C27H21F3N4O3/c28-18-2-4-20(5-3-18)32-27(36)33-24-14-19(29)13-22(25(24)30)26(35)16-1-6-23-17(11-16)12-21(15-31-23)34-7-9-37-10-8-34/h1-6,11-15H,7-10H2,(H2,32,33,36). The lowest BCUT2D eigenvalue weighted by molar-refractivity contribution is 0.103. The SMILES string of the molecule is O=C(Nc1ccc(F)cc1)Nc1cc(F)cc(C(=O)c2ccc3ncc(N4CCOCC4)cc3c2)c1F. The Kier molecular flexibility index (Phi) is 6.74. The molecular weight excluding hydrogens is 485 g/mol. The van der Waals surface area contributed by atoms with Gasteiger partial charge < -0.3 is 20.3 Å². The van der Waals surface area contributed by atoms with Crippen molar-refractivity contribution in [1.82, 2.24) is 4.98 Å². The van der Waals surface area contributed by atoms with Crippen molar-refractivity contribution in [3.05, 3.63) is 95.4 Å². The van der Waals surface area contributed by atoms with Gasteiger partial charge in [0.1, 0.15) is 11.6 Å². The van der Waals surface area contributed by atoms with E-state index in [1.165, 1.54) is 18.2 Å². The second-order valence-electron chi connectivity index (χ2n) is 8.43. The topological polar surface area (TPSA) is 83.6 Å². The number of carbonyl (C=O) groups is 2. The predicted molar refractivity (Wildman–Crippen MR) is 134 cm³/mol. The van der Waals surface area contributed by atoms with Gasteiger partial charge in [0.25, 0.3) is 0 Å². The van der Waals surface area contributed by atoms with E-state index in [9.17, 15) is 18.4 Å². The summed E-state index contributed by atoms with van der Waals surface area (Å²) in [6.07, 6.45) is 1.75. The van der Waals surface area contributed by atoms with Gasteiger partial charge in [-0.1, -0.05) is 0 Å². The lowest BCUT2D eigenvalue weighted by Gasteiger charge is -2.28. The number of anilines is 3. The number of aromatic nitrogens is 1. The van der Waals surface area contributed by atoms with Crippen LogP contribution in [0.1, 0.15) is 15.9 Å². The summed E-state index contributed by atoms with van der Waals surface area (Å²) in [5.41, 5.74) is 0.853. The average Bonchev–Trinajstić information content (AvgIpc) is 2.91. The highest BCUT2D eigenvalue weighted by Crippen LogP contribution is 2.26. The second kappa shape index (κ2) is 10.3. The number of rotatable bonds is 5. The van der Waals surface area contributed by atoms with E-state index in [4.69, 9.17) is 4.74 Å². The number of fused-ring (bicyclic) bond motifs is 1. The normalized spacial score (nSPS) is 13.4. The molecule has 7 nitrogen and oxygen atoms in total. The van der Waals surface area contributed by atoms with Crippen molar-refractivity contribution in [3.8, 4) is 0 Å². The van der Waals surface area contributed by atoms with Gasteiger partial charge in [-0.2, -0.15) is 0 Å². The van der Waals surface area contributed by atoms with Gasteiger partial charge in [-0.05, 0) is 54.6 Å². The third-order valence-electron chi connectivity index (χ3n) is 5.94. The molecule has 188 valence electrons. The highest BCUT2D eigenvalue weighted by atomic mass is 19.1. The smallest absolute Gasteiger partial charge is 0.323 e. The summed E-state index contributed by atoms with van der Waals surface area (Å²) in [6, 6.07) is 12.2. The number of benzene rings is 3. The molecular formula is C27H21F3N4O3. The van der Waals surface area contributed by atoms with E-state index in [1.54, 1.807) is 18.3 Å². The summed E-state index contributed by atoms with van der Waals surface area (Å²) in [6.45, 7) is 2.64. The number of halogens is 3. The lowest BCUT2D eigenvalue weighted by atomic mass is 10.00. The minimum atomic E-state index is -1.08. The zero-order chi connectivity index (χ0) is 25.9. The molecule has 5 rings (SSSR count). The van der Waals surface area contributed by atoms with Crippen LogP contribution in [0.5, 0.6) is 0 Å². The van der Waals surface area contributed by atoms with E-state index < -0.39 is 40.5 Å². The highest BCUT2D eigenvalue weighted by molar-refractivity contribution is 6.11. The molecule has 10 heteroatoms. The summed E-state index contributed by atoms with van der Waals surface area (Å²) in [5, 5.41) is 5.26. The van der Waals surface area contributed by atoms with Gasteiger partial charge in [-0.15, -0.1) is 0 Å². The van der Waals surface area contributed by atoms with E-state index in [2.05, 4.69) is 20.5 Å². The molecule has 1 saturated heterocycles. The fourth-order valence-electron chi connectivity index (χ4n) is 4.07. The molecule has 3 aromatic carbocycles. The van der Waals surface area contributed by atoms with Crippen LogP contribution in [-0.2, 0) is 4.74 Å². The number of ether oxygens (including phenoxy) is 1. The van der Waals surface area contributed by atoms with Gasteiger partial charge in [-0.3, -0.25) is 9.78 Å². The van der Waals surface area contributed by atoms with Gasteiger partial charge in [0.15, 0.2) is 11.6 Å². The van der Waals surface area contributed by atoms with Crippen LogP contribution in [0, 0.1) is 17.5 Å². The van der Waals surface area contributed by atoms with Crippen molar-refractivity contribution in [2.45, 2.75) is 0 Å². The van der Waals surface area contributed by atoms with E-state index in [0.717, 1.165) is 30.0 Å². The summed E-state index contributed by atoms with van der Waals surface area (Å²) >= 11 is 0. The third-order valence-corrected chi connectivity index (χ3v) is 5.94. The quantitative estimate of drug-likeness (QED) is 0.356. The molecule has 0 saturated carbocycles. The molecule has 1 fully saturated rings. The maximum atomic E-state index is 15.3. The van der Waals surface area contributed by atoms with Crippen molar-refractivity contribution in [2.75, 3.05) is 41.8 Å². The number of carbonyl (C=O) groups excluding carboxylic acids is 2. The fourth-order valence-corrected chi connectivity index (χ4v) is 4.07. The number of ketones is 1. The van der Waals surface area contributed by atoms with Crippen LogP contribution < -0.4 is 15.5 Å². The van der Waals surface area contributed by atoms with Crippen LogP contribution in [0.25, 0.3) is 10.9 Å². The van der Waals surface area contributed by atoms with Gasteiger partial charge in [0.2, 0.25) is 0 Å². The Hall–Kier alpha value is -4.44. The molecule has 0 unspecified atom stereocenters. The molecule has 1 aliphatic rings. The molecule has 0 radical (unpaired) electrons. The minimum absolute atomic E-state index is 0.139. The van der Waals surface area contributed by atoms with Crippen LogP contribution in [0.4, 0.5) is 35.0 Å². The number of hydrogen-bond donors (Lipinski definition) is 2. The Morgan fingerprint density at radius 3 is 2.38 bits per heavy atom. The molecule has 0 atom stereocenters. The molecule has 2 amide bonds. The minimum Gasteiger partial charge on any atom is -0.378 e. The molecule has 1 aliphatic heterocycles. The molecule has 0 bridgehead atoms. The van der Waals surface area contributed by atoms with E-state index >= 15 is 4.39 Å². The average molecular weight is 506 g/mol. The van der Waals surface area contributed by atoms with Crippen LogP contribution in [0.15, 0.2) is 66.9 Å². The number of pyridine rings is 1. The number of nitrogens with one attached hydrogen (secondary N) is 2. The summed E-state index contributed by atoms with van der Waals surface area (Å²) in [7, 11) is 0. The van der Waals surface area contributed by atoms with Crippen molar-refractivity contribution >= 4 is 39.8 Å². The summed E-state index contributed by atoms with van der Waals surface area (Å²) in [5.74, 6) is -3.23. The van der Waals surface area contributed by atoms with E-state index in [-0.39, 0.29) is 11.3 Å². The van der Waals surface area contributed by atoms with Crippen molar-refractivity contribution < 1.29 is 27.5 Å². The Morgan fingerprint density at radius 1 is 0.865 bits per heavy atom. The van der Waals surface area contributed by atoms with Crippen LogP contribution >= 0.6 is 0 Å². The molecule has 4 aromatic rings. The first-order valence-corrected chi connectivity index (χ1v) is 11.5. The van der Waals surface area contributed by atoms with E-state index in [0.29, 0.717) is 37.2 Å². The number of urea groups is 1. The molecule has 0 aliphatic carbocycles. The van der Waals surface area contributed by atoms with Crippen molar-refractivity contribution in [1.29, 1.82) is 0 Å². The number of amides is 2. The van der Waals surface area contributed by atoms with Crippen LogP contribution in [0.3, 0.4) is 0 Å². The number of nitrogens with zero attached hydrogens (tertiary/aromatic N) is 2. The predicted octanol–water partition coefficient (Wildman–Crippen LogP) is 5.36. The highest BCUT2D eigenvalue weighted by Gasteiger charge is 2.21. The van der Waals surface area contributed by atoms with Crippen LogP contribution in [-0.4, -0.2) is 43.1 Å². The number of morpholine rings is 1. The largest absolute Gasteiger partial charge is 0.378 e. The Morgan fingerprint density at radius 2 is 1.62 bits per heavy atom. The zero-order valence-electron chi connectivity index (χ0n) is 19.4. The first kappa shape index (κ1) is 24.3. The summed E-state index contributed by atoms with van der Waals surface area (Å²) in [4.78, 5) is 32.0. The van der Waals surface area contributed by atoms with Crippen LogP contribution in [0.2, 0.25) is 0 Å². The molecule has 2 heterocycles. The van der Waals surface area contributed by atoms with Gasteiger partial charge in [0, 0.05) is 35.8 Å². The molecule has 2 N–H and O–H groups in total. The maximum Gasteiger partial charge on any atom is 0.323 e. The molecule has 1 aromatic heterocycles. The molecule has 37 heavy (non-hydrogen) atoms. The fraction of sp³-hybridized carbons (Fsp3) is 0.148. The first-order valence-electron chi connectivity index (χ1n) is 11.5. The van der Waals surface area contributed by atoms with Gasteiger partial charge in [-0.25, -0.2) is 18.0 Å². The maximum absolute atomic E-state index is 15.3. The molecule has 0 spiro atoms. The lowest BCUT2D eigenvalue weighted by Crippen LogP contribution is -2.36. The Balaban J connectivity index is 1.40. The van der Waals surface area contributed by atoms with E-state index in [1.807, 2.05) is 6.07 Å². The zero-order valence-corrected chi connectivity index (χ0v) is 19.4. The summed E-state index contributed by atoms with van der Waals surface area (Å²) < 4.78 is 48.0. The second-order valence-corrected chi connectivity index (χ2v) is 8.43. The van der Waals surface area contributed by atoms with Gasteiger partial charge >= 0.3 is 6.03 Å². The van der Waals surface area contributed by atoms with Crippen molar-refractivity contribution in [2.24, 2.45) is 0 Å². The van der Waals surface area contributed by atoms with Crippen molar-refractivity contribution in [3.63, 3.8) is 0 Å². The number of hydrogen-bond acceptors (Lipinski definition) is 5. The Labute approximate surface area is 209 Å². The monoisotopic (exact) mass is 506 g/mol. The Bertz CT molecular complexity index is 1490. The third kappa shape index (κ3) is 5.39.